The molecule has 0 radical (unpaired) electrons. The molecular weight excluding hydrogens is 757 g/mol. The largest absolute Gasteiger partial charge is 0.497 e. The molecule has 5 amide bonds. The first-order valence-corrected chi connectivity index (χ1v) is 19.9. The van der Waals surface area contributed by atoms with E-state index >= 15 is 0 Å². The minimum atomic E-state index is -2.06. The van der Waals surface area contributed by atoms with Crippen molar-refractivity contribution in [3.05, 3.63) is 89.5 Å². The molecule has 3 aromatic carbocycles. The van der Waals surface area contributed by atoms with E-state index in [1.165, 1.54) is 12.7 Å². The van der Waals surface area contributed by atoms with Crippen molar-refractivity contribution in [1.82, 2.24) is 26.6 Å². The minimum absolute atomic E-state index is 0.0998. The van der Waals surface area contributed by atoms with Gasteiger partial charge in [-0.1, -0.05) is 61.9 Å². The van der Waals surface area contributed by atoms with Gasteiger partial charge in [-0.2, -0.15) is 0 Å². The number of methoxy groups -OCH3 is 1. The number of amides is 5. The summed E-state index contributed by atoms with van der Waals surface area (Å²) in [5.74, 6) is -3.34. The normalized spacial score (nSPS) is 13.5. The molecule has 0 saturated carbocycles. The van der Waals surface area contributed by atoms with E-state index in [1.807, 2.05) is 12.1 Å². The van der Waals surface area contributed by atoms with Crippen molar-refractivity contribution >= 4 is 36.7 Å². The van der Waals surface area contributed by atoms with E-state index in [1.54, 1.807) is 36.4 Å². The van der Waals surface area contributed by atoms with Crippen LogP contribution in [0.3, 0.4) is 0 Å². The summed E-state index contributed by atoms with van der Waals surface area (Å²) in [6.07, 6.45) is 3.87. The molecule has 0 aromatic heterocycles. The van der Waals surface area contributed by atoms with E-state index in [-0.39, 0.29) is 12.8 Å². The Morgan fingerprint density at radius 2 is 1.19 bits per heavy atom. The molecule has 0 saturated heterocycles. The SMILES string of the molecule is CCCCc1ccc(-c2ccc(C(=O)N[C@@H](CCCCN)C(=O)NC(C(=O)N[C@@H](N)C(=O)N[C@@H](CCCCN)C(=O)N[C@@H](N)B(O)O)c3ccc(OC)cc3)cc2)cc1. The second-order valence-electron chi connectivity index (χ2n) is 14.2. The predicted octanol–water partition coefficient (Wildman–Crippen LogP) is 0.218. The molecule has 0 aliphatic carbocycles. The van der Waals surface area contributed by atoms with Crippen LogP contribution in [0.1, 0.15) is 85.8 Å². The predicted molar refractivity (Wildman–Crippen MR) is 226 cm³/mol. The van der Waals surface area contributed by atoms with Crippen LogP contribution < -0.4 is 54.3 Å². The average molecular weight is 818 g/mol. The minimum Gasteiger partial charge on any atom is -0.497 e. The van der Waals surface area contributed by atoms with Crippen LogP contribution in [0.25, 0.3) is 11.1 Å². The van der Waals surface area contributed by atoms with E-state index in [2.05, 4.69) is 57.8 Å². The molecule has 0 aliphatic heterocycles. The van der Waals surface area contributed by atoms with Crippen LogP contribution in [0.2, 0.25) is 0 Å². The standard InChI is InChI=1S/C41H60BN9O8/c1-3-4-9-26-12-14-27(15-13-26)28-16-18-30(19-17-28)36(52)47-32(10-5-7-24-43)37(53)49-34(29-20-22-31(59-2)23-21-29)39(55)50-35(45)40(56)48-33(11-6-8-25-44)38(54)51-41(46)42(57)58/h12-23,32-35,41,57-58H,3-11,24-25,43-46H2,1-2H3,(H,47,52)(H,48,56)(H,49,53)(H,50,55)(H,51,54)/t32-,33-,34?,35+,41+/m0/s1. The molecule has 0 spiro atoms. The lowest BCUT2D eigenvalue weighted by molar-refractivity contribution is -0.134. The second-order valence-corrected chi connectivity index (χ2v) is 14.2. The quantitative estimate of drug-likeness (QED) is 0.0311. The Labute approximate surface area is 345 Å². The number of hydrogen-bond donors (Lipinski definition) is 11. The van der Waals surface area contributed by atoms with Crippen molar-refractivity contribution in [3.8, 4) is 16.9 Å². The molecular formula is C41H60BN9O8. The molecule has 320 valence electrons. The molecule has 0 fully saturated rings. The van der Waals surface area contributed by atoms with Crippen LogP contribution in [0.5, 0.6) is 5.75 Å². The second kappa shape index (κ2) is 25.2. The van der Waals surface area contributed by atoms with Gasteiger partial charge in [0.05, 0.1) is 7.11 Å². The first-order valence-electron chi connectivity index (χ1n) is 19.9. The number of benzene rings is 3. The number of carbonyl (C=O) groups excluding carboxylic acids is 5. The van der Waals surface area contributed by atoms with Gasteiger partial charge in [0, 0.05) is 5.56 Å². The van der Waals surface area contributed by atoms with Crippen molar-refractivity contribution in [3.63, 3.8) is 0 Å². The van der Waals surface area contributed by atoms with E-state index in [0.29, 0.717) is 55.6 Å². The smallest absolute Gasteiger partial charge is 0.490 e. The number of ether oxygens (including phenoxy) is 1. The number of rotatable bonds is 25. The fourth-order valence-corrected chi connectivity index (χ4v) is 6.07. The van der Waals surface area contributed by atoms with Crippen molar-refractivity contribution in [1.29, 1.82) is 0 Å². The van der Waals surface area contributed by atoms with Crippen LogP contribution in [-0.4, -0.2) is 91.2 Å². The third kappa shape index (κ3) is 15.7. The summed E-state index contributed by atoms with van der Waals surface area (Å²) >= 11 is 0. The van der Waals surface area contributed by atoms with Crippen LogP contribution in [0.15, 0.2) is 72.8 Å². The zero-order valence-electron chi connectivity index (χ0n) is 33.8. The highest BCUT2D eigenvalue weighted by Crippen LogP contribution is 2.22. The first kappa shape index (κ1) is 48.0. The molecule has 59 heavy (non-hydrogen) atoms. The fourth-order valence-electron chi connectivity index (χ4n) is 6.07. The first-order chi connectivity index (χ1) is 28.3. The highest BCUT2D eigenvalue weighted by atomic mass is 16.5. The van der Waals surface area contributed by atoms with Crippen molar-refractivity contribution in [2.45, 2.75) is 95.1 Å². The summed E-state index contributed by atoms with van der Waals surface area (Å²) in [5.41, 5.74) is 26.8. The molecule has 5 atom stereocenters. The lowest BCUT2D eigenvalue weighted by atomic mass is 9.86. The highest BCUT2D eigenvalue weighted by molar-refractivity contribution is 6.43. The van der Waals surface area contributed by atoms with Gasteiger partial charge in [-0.05, 0) is 111 Å². The number of nitrogens with one attached hydrogen (secondary N) is 5. The van der Waals surface area contributed by atoms with E-state index in [9.17, 15) is 34.0 Å². The Morgan fingerprint density at radius 3 is 1.71 bits per heavy atom. The van der Waals surface area contributed by atoms with Crippen LogP contribution >= 0.6 is 0 Å². The molecule has 3 aromatic rings. The highest BCUT2D eigenvalue weighted by Gasteiger charge is 2.32. The van der Waals surface area contributed by atoms with Crippen molar-refractivity contribution in [2.75, 3.05) is 20.2 Å². The summed E-state index contributed by atoms with van der Waals surface area (Å²) in [7, 11) is -0.592. The molecule has 0 heterocycles. The van der Waals surface area contributed by atoms with Gasteiger partial charge >= 0.3 is 7.12 Å². The van der Waals surface area contributed by atoms with E-state index in [4.69, 9.17) is 27.7 Å². The molecule has 18 heteroatoms. The van der Waals surface area contributed by atoms with Gasteiger partial charge in [-0.25, -0.2) is 0 Å². The number of nitrogens with two attached hydrogens (primary N) is 4. The van der Waals surface area contributed by atoms with Gasteiger partial charge in [-0.15, -0.1) is 0 Å². The van der Waals surface area contributed by atoms with Gasteiger partial charge in [0.15, 0.2) is 6.17 Å². The van der Waals surface area contributed by atoms with E-state index < -0.39 is 67.0 Å². The third-order valence-electron chi connectivity index (χ3n) is 9.61. The lowest BCUT2D eigenvalue weighted by Gasteiger charge is -2.26. The Morgan fingerprint density at radius 1 is 0.644 bits per heavy atom. The molecule has 0 bridgehead atoms. The van der Waals surface area contributed by atoms with Crippen LogP contribution in [-0.2, 0) is 25.6 Å². The molecule has 3 rings (SSSR count). The van der Waals surface area contributed by atoms with Gasteiger partial charge in [0.25, 0.3) is 11.8 Å². The van der Waals surface area contributed by atoms with Crippen LogP contribution in [0.4, 0.5) is 0 Å². The maximum atomic E-state index is 14.0. The van der Waals surface area contributed by atoms with Gasteiger partial charge in [0.1, 0.15) is 29.9 Å². The molecule has 17 nitrogen and oxygen atoms in total. The molecule has 15 N–H and O–H groups in total. The van der Waals surface area contributed by atoms with E-state index in [0.717, 1.165) is 30.4 Å². The number of hydrogen-bond acceptors (Lipinski definition) is 12. The summed E-state index contributed by atoms with van der Waals surface area (Å²) in [6, 6.07) is 16.4. The lowest BCUT2D eigenvalue weighted by Crippen LogP contribution is -2.61. The monoisotopic (exact) mass is 817 g/mol. The summed E-state index contributed by atoms with van der Waals surface area (Å²) in [6.45, 7) is 2.85. The Balaban J connectivity index is 1.79. The Bertz CT molecular complexity index is 1780. The van der Waals surface area contributed by atoms with Crippen LogP contribution in [0, 0.1) is 0 Å². The maximum Gasteiger partial charge on any atom is 0.490 e. The Kier molecular flexibility index (Phi) is 20.5. The summed E-state index contributed by atoms with van der Waals surface area (Å²) in [5, 5.41) is 31.2. The average Bonchev–Trinajstić information content (AvgIpc) is 3.24. The van der Waals surface area contributed by atoms with Gasteiger partial charge in [-0.3, -0.25) is 24.0 Å². The topological polar surface area (TPSA) is 299 Å². The number of aryl methyl sites for hydroxylation is 1. The summed E-state index contributed by atoms with van der Waals surface area (Å²) in [4.78, 5) is 67.4. The maximum absolute atomic E-state index is 14.0. The molecule has 1 unspecified atom stereocenters. The zero-order valence-corrected chi connectivity index (χ0v) is 33.8. The van der Waals surface area contributed by atoms with Crippen molar-refractivity contribution < 1.29 is 38.8 Å². The third-order valence-corrected chi connectivity index (χ3v) is 9.61. The number of carbonyl (C=O) groups is 5. The van der Waals surface area contributed by atoms with Gasteiger partial charge in [0.2, 0.25) is 17.7 Å². The van der Waals surface area contributed by atoms with Gasteiger partial charge < -0.3 is 64.3 Å². The number of unbranched alkanes of at least 4 members (excludes halogenated alkanes) is 3. The summed E-state index contributed by atoms with van der Waals surface area (Å²) < 4.78 is 5.25. The fraction of sp³-hybridized carbons (Fsp3) is 0.439. The zero-order chi connectivity index (χ0) is 43.3. The Hall–Kier alpha value is -5.37. The van der Waals surface area contributed by atoms with Crippen molar-refractivity contribution in [2.24, 2.45) is 22.9 Å². The molecule has 0 aliphatic rings.